The van der Waals surface area contributed by atoms with Crippen molar-refractivity contribution in [3.63, 3.8) is 0 Å². The standard InChI is InChI=1S/C15H27N3/c1-5-9-16-10-14-7-8-15(17-11-14)12-18(4)13(3)6-2/h7-8,11,13,16H,5-6,9-10,12H2,1-4H3. The fourth-order valence-electron chi connectivity index (χ4n) is 1.79. The maximum atomic E-state index is 4.53. The number of hydrogen-bond donors (Lipinski definition) is 1. The molecule has 0 aliphatic rings. The Morgan fingerprint density at radius 3 is 2.67 bits per heavy atom. The van der Waals surface area contributed by atoms with Crippen molar-refractivity contribution >= 4 is 0 Å². The molecule has 0 amide bonds. The monoisotopic (exact) mass is 249 g/mol. The molecule has 1 rings (SSSR count). The van der Waals surface area contributed by atoms with Gasteiger partial charge in [0.15, 0.2) is 0 Å². The lowest BCUT2D eigenvalue weighted by Gasteiger charge is -2.22. The van der Waals surface area contributed by atoms with E-state index in [-0.39, 0.29) is 0 Å². The summed E-state index contributed by atoms with van der Waals surface area (Å²) in [6.45, 7) is 9.57. The molecule has 102 valence electrons. The highest BCUT2D eigenvalue weighted by Gasteiger charge is 2.07. The second kappa shape index (κ2) is 8.22. The Hall–Kier alpha value is -0.930. The molecule has 18 heavy (non-hydrogen) atoms. The molecular formula is C15H27N3. The number of rotatable bonds is 8. The molecule has 0 spiro atoms. The molecule has 0 radical (unpaired) electrons. The summed E-state index contributed by atoms with van der Waals surface area (Å²) in [6.07, 6.45) is 4.34. The minimum Gasteiger partial charge on any atom is -0.313 e. The summed E-state index contributed by atoms with van der Waals surface area (Å²) >= 11 is 0. The number of nitrogens with zero attached hydrogens (tertiary/aromatic N) is 2. The van der Waals surface area contributed by atoms with E-state index in [0.29, 0.717) is 6.04 Å². The molecular weight excluding hydrogens is 222 g/mol. The predicted octanol–water partition coefficient (Wildman–Crippen LogP) is 2.81. The van der Waals surface area contributed by atoms with Crippen molar-refractivity contribution in [3.05, 3.63) is 29.6 Å². The quantitative estimate of drug-likeness (QED) is 0.718. The molecule has 1 N–H and O–H groups in total. The third kappa shape index (κ3) is 5.15. The van der Waals surface area contributed by atoms with E-state index >= 15 is 0 Å². The van der Waals surface area contributed by atoms with Gasteiger partial charge in [0.2, 0.25) is 0 Å². The molecule has 0 aromatic carbocycles. The fourth-order valence-corrected chi connectivity index (χ4v) is 1.79. The maximum Gasteiger partial charge on any atom is 0.0544 e. The van der Waals surface area contributed by atoms with Crippen LogP contribution in [0.4, 0.5) is 0 Å². The van der Waals surface area contributed by atoms with Crippen molar-refractivity contribution in [1.29, 1.82) is 0 Å². The van der Waals surface area contributed by atoms with E-state index < -0.39 is 0 Å². The lowest BCUT2D eigenvalue weighted by molar-refractivity contribution is 0.241. The molecule has 0 saturated carbocycles. The Morgan fingerprint density at radius 1 is 1.33 bits per heavy atom. The SMILES string of the molecule is CCCNCc1ccc(CN(C)C(C)CC)nc1. The molecule has 0 bridgehead atoms. The van der Waals surface area contributed by atoms with Crippen molar-refractivity contribution in [2.45, 2.75) is 52.7 Å². The Morgan fingerprint density at radius 2 is 2.11 bits per heavy atom. The van der Waals surface area contributed by atoms with E-state index in [2.05, 4.69) is 55.2 Å². The summed E-state index contributed by atoms with van der Waals surface area (Å²) in [7, 11) is 2.16. The summed E-state index contributed by atoms with van der Waals surface area (Å²) in [5, 5.41) is 3.39. The molecule has 0 aliphatic carbocycles. The fraction of sp³-hybridized carbons (Fsp3) is 0.667. The van der Waals surface area contributed by atoms with Gasteiger partial charge < -0.3 is 5.32 Å². The van der Waals surface area contributed by atoms with Gasteiger partial charge in [-0.25, -0.2) is 0 Å². The normalized spacial score (nSPS) is 12.9. The third-order valence-electron chi connectivity index (χ3n) is 3.40. The zero-order valence-electron chi connectivity index (χ0n) is 12.2. The first-order valence-corrected chi connectivity index (χ1v) is 7.02. The van der Waals surface area contributed by atoms with Crippen molar-refractivity contribution in [2.24, 2.45) is 0 Å². The molecule has 0 saturated heterocycles. The van der Waals surface area contributed by atoms with Crippen LogP contribution in [-0.2, 0) is 13.1 Å². The van der Waals surface area contributed by atoms with Crippen LogP contribution in [0.15, 0.2) is 18.3 Å². The molecule has 0 fully saturated rings. The van der Waals surface area contributed by atoms with Crippen LogP contribution in [-0.4, -0.2) is 29.5 Å². The molecule has 1 atom stereocenters. The van der Waals surface area contributed by atoms with Gasteiger partial charge >= 0.3 is 0 Å². The first-order chi connectivity index (χ1) is 8.67. The second-order valence-electron chi connectivity index (χ2n) is 5.01. The summed E-state index contributed by atoms with van der Waals surface area (Å²) in [4.78, 5) is 6.88. The van der Waals surface area contributed by atoms with Crippen molar-refractivity contribution < 1.29 is 0 Å². The van der Waals surface area contributed by atoms with Crippen molar-refractivity contribution in [3.8, 4) is 0 Å². The zero-order chi connectivity index (χ0) is 13.4. The Balaban J connectivity index is 2.44. The van der Waals surface area contributed by atoms with Crippen LogP contribution in [0.5, 0.6) is 0 Å². The van der Waals surface area contributed by atoms with Crippen LogP contribution in [0.3, 0.4) is 0 Å². The van der Waals surface area contributed by atoms with E-state index in [4.69, 9.17) is 0 Å². The van der Waals surface area contributed by atoms with E-state index in [9.17, 15) is 0 Å². The molecule has 1 heterocycles. The number of hydrogen-bond acceptors (Lipinski definition) is 3. The highest BCUT2D eigenvalue weighted by molar-refractivity contribution is 5.14. The summed E-state index contributed by atoms with van der Waals surface area (Å²) in [5.74, 6) is 0. The van der Waals surface area contributed by atoms with E-state index in [1.165, 1.54) is 18.4 Å². The average Bonchev–Trinajstić information content (AvgIpc) is 2.40. The first kappa shape index (κ1) is 15.1. The van der Waals surface area contributed by atoms with Crippen LogP contribution in [0.25, 0.3) is 0 Å². The van der Waals surface area contributed by atoms with Crippen LogP contribution in [0.1, 0.15) is 44.9 Å². The van der Waals surface area contributed by atoms with Crippen molar-refractivity contribution in [2.75, 3.05) is 13.6 Å². The summed E-state index contributed by atoms with van der Waals surface area (Å²) in [6, 6.07) is 4.93. The Kier molecular flexibility index (Phi) is 6.91. The molecule has 1 aromatic heterocycles. The summed E-state index contributed by atoms with van der Waals surface area (Å²) < 4.78 is 0. The second-order valence-corrected chi connectivity index (χ2v) is 5.01. The van der Waals surface area contributed by atoms with Gasteiger partial charge in [0, 0.05) is 25.3 Å². The molecule has 3 nitrogen and oxygen atoms in total. The largest absolute Gasteiger partial charge is 0.313 e. The highest BCUT2D eigenvalue weighted by Crippen LogP contribution is 2.07. The van der Waals surface area contributed by atoms with Crippen LogP contribution in [0.2, 0.25) is 0 Å². The topological polar surface area (TPSA) is 28.2 Å². The summed E-state index contributed by atoms with van der Waals surface area (Å²) in [5.41, 5.74) is 2.41. The van der Waals surface area contributed by atoms with Gasteiger partial charge in [-0.2, -0.15) is 0 Å². The predicted molar refractivity (Wildman–Crippen MR) is 77.5 cm³/mol. The number of aromatic nitrogens is 1. The van der Waals surface area contributed by atoms with Crippen LogP contribution >= 0.6 is 0 Å². The molecule has 3 heteroatoms. The Bertz CT molecular complexity index is 321. The Labute approximate surface area is 112 Å². The molecule has 0 aliphatic heterocycles. The smallest absolute Gasteiger partial charge is 0.0544 e. The number of pyridine rings is 1. The van der Waals surface area contributed by atoms with Gasteiger partial charge in [-0.1, -0.05) is 19.9 Å². The zero-order valence-corrected chi connectivity index (χ0v) is 12.2. The third-order valence-corrected chi connectivity index (χ3v) is 3.40. The lowest BCUT2D eigenvalue weighted by atomic mass is 10.2. The van der Waals surface area contributed by atoms with Gasteiger partial charge in [0.1, 0.15) is 0 Å². The minimum absolute atomic E-state index is 0.609. The van der Waals surface area contributed by atoms with E-state index in [0.717, 1.165) is 25.3 Å². The molecule has 1 unspecified atom stereocenters. The van der Waals surface area contributed by atoms with Gasteiger partial charge in [0.05, 0.1) is 5.69 Å². The van der Waals surface area contributed by atoms with E-state index in [1.54, 1.807) is 0 Å². The first-order valence-electron chi connectivity index (χ1n) is 7.02. The van der Waals surface area contributed by atoms with Crippen molar-refractivity contribution in [1.82, 2.24) is 15.2 Å². The minimum atomic E-state index is 0.609. The van der Waals surface area contributed by atoms with Gasteiger partial charge in [-0.15, -0.1) is 0 Å². The van der Waals surface area contributed by atoms with Gasteiger partial charge in [-0.05, 0) is 45.0 Å². The van der Waals surface area contributed by atoms with E-state index in [1.807, 2.05) is 6.20 Å². The molecule has 1 aromatic rings. The lowest BCUT2D eigenvalue weighted by Crippen LogP contribution is -2.28. The number of nitrogens with one attached hydrogen (secondary N) is 1. The average molecular weight is 249 g/mol. The van der Waals surface area contributed by atoms with Gasteiger partial charge in [0.25, 0.3) is 0 Å². The van der Waals surface area contributed by atoms with Crippen LogP contribution in [0, 0.1) is 0 Å². The maximum absolute atomic E-state index is 4.53. The highest BCUT2D eigenvalue weighted by atomic mass is 15.1. The van der Waals surface area contributed by atoms with Gasteiger partial charge in [-0.3, -0.25) is 9.88 Å². The van der Waals surface area contributed by atoms with Crippen LogP contribution < -0.4 is 5.32 Å².